The Morgan fingerprint density at radius 1 is 1.11 bits per heavy atom. The summed E-state index contributed by atoms with van der Waals surface area (Å²) in [5.41, 5.74) is 3.57. The van der Waals surface area contributed by atoms with Gasteiger partial charge in [-0.2, -0.15) is 0 Å². The fourth-order valence-electron chi connectivity index (χ4n) is 1.88. The van der Waals surface area contributed by atoms with Gasteiger partial charge in [-0.3, -0.25) is 0 Å². The standard InChI is InChI=1S/C15H15Cl2NO/c1-9-3-6-14(10(2)15(9)19)18-8-11-4-5-12(16)7-13(11)17/h3-7,18-19H,8H2,1-2H3. The largest absolute Gasteiger partial charge is 0.507 e. The van der Waals surface area contributed by atoms with Gasteiger partial charge < -0.3 is 10.4 Å². The van der Waals surface area contributed by atoms with Crippen molar-refractivity contribution in [3.8, 4) is 5.75 Å². The molecule has 0 atom stereocenters. The summed E-state index contributed by atoms with van der Waals surface area (Å²) in [7, 11) is 0. The molecule has 0 fully saturated rings. The van der Waals surface area contributed by atoms with Gasteiger partial charge in [0.2, 0.25) is 0 Å². The highest BCUT2D eigenvalue weighted by molar-refractivity contribution is 6.35. The van der Waals surface area contributed by atoms with Gasteiger partial charge in [0.05, 0.1) is 0 Å². The van der Waals surface area contributed by atoms with Crippen LogP contribution in [0.1, 0.15) is 16.7 Å². The van der Waals surface area contributed by atoms with Crippen LogP contribution in [0.4, 0.5) is 5.69 Å². The third-order valence-electron chi connectivity index (χ3n) is 3.12. The molecule has 19 heavy (non-hydrogen) atoms. The normalized spacial score (nSPS) is 10.5. The van der Waals surface area contributed by atoms with E-state index in [9.17, 15) is 5.11 Å². The Balaban J connectivity index is 2.17. The van der Waals surface area contributed by atoms with Gasteiger partial charge in [-0.05, 0) is 43.2 Å². The van der Waals surface area contributed by atoms with Gasteiger partial charge in [0.1, 0.15) is 5.75 Å². The number of nitrogens with one attached hydrogen (secondary N) is 1. The highest BCUT2D eigenvalue weighted by atomic mass is 35.5. The molecule has 4 heteroatoms. The molecule has 0 aromatic heterocycles. The molecule has 0 saturated heterocycles. The van der Waals surface area contributed by atoms with Crippen molar-refractivity contribution in [3.05, 3.63) is 57.1 Å². The maximum Gasteiger partial charge on any atom is 0.123 e. The summed E-state index contributed by atoms with van der Waals surface area (Å²) in [5.74, 6) is 0.326. The van der Waals surface area contributed by atoms with E-state index in [0.717, 1.165) is 22.4 Å². The average molecular weight is 296 g/mol. The molecule has 2 nitrogen and oxygen atoms in total. The zero-order valence-corrected chi connectivity index (χ0v) is 12.3. The Kier molecular flexibility index (Phi) is 4.23. The maximum atomic E-state index is 9.89. The van der Waals surface area contributed by atoms with Crippen LogP contribution < -0.4 is 5.32 Å². The molecule has 0 amide bonds. The molecule has 0 heterocycles. The summed E-state index contributed by atoms with van der Waals surface area (Å²) in [6.45, 7) is 4.34. The van der Waals surface area contributed by atoms with Gasteiger partial charge in [0.15, 0.2) is 0 Å². The Bertz CT molecular complexity index is 611. The molecule has 2 aromatic carbocycles. The van der Waals surface area contributed by atoms with Crippen molar-refractivity contribution in [2.45, 2.75) is 20.4 Å². The van der Waals surface area contributed by atoms with E-state index in [2.05, 4.69) is 5.32 Å². The van der Waals surface area contributed by atoms with E-state index in [4.69, 9.17) is 23.2 Å². The smallest absolute Gasteiger partial charge is 0.123 e. The quantitative estimate of drug-likeness (QED) is 0.842. The first-order valence-electron chi connectivity index (χ1n) is 5.96. The van der Waals surface area contributed by atoms with Gasteiger partial charge in [-0.1, -0.05) is 35.3 Å². The number of hydrogen-bond acceptors (Lipinski definition) is 2. The van der Waals surface area contributed by atoms with E-state index in [-0.39, 0.29) is 0 Å². The minimum absolute atomic E-state index is 0.326. The molecule has 0 aliphatic rings. The second-order valence-corrected chi connectivity index (χ2v) is 5.34. The van der Waals surface area contributed by atoms with Gasteiger partial charge in [-0.15, -0.1) is 0 Å². The molecule has 0 saturated carbocycles. The third kappa shape index (κ3) is 3.14. The molecule has 2 rings (SSSR count). The second-order valence-electron chi connectivity index (χ2n) is 4.49. The Morgan fingerprint density at radius 2 is 1.84 bits per heavy atom. The number of phenolic OH excluding ortho intramolecular Hbond substituents is 1. The fourth-order valence-corrected chi connectivity index (χ4v) is 2.36. The summed E-state index contributed by atoms with van der Waals surface area (Å²) in [5, 5.41) is 14.4. The number of phenols is 1. The summed E-state index contributed by atoms with van der Waals surface area (Å²) >= 11 is 12.0. The highest BCUT2D eigenvalue weighted by Crippen LogP contribution is 2.29. The molecule has 0 aliphatic carbocycles. The molecule has 100 valence electrons. The SMILES string of the molecule is Cc1ccc(NCc2ccc(Cl)cc2Cl)c(C)c1O. The van der Waals surface area contributed by atoms with Crippen LogP contribution in [-0.4, -0.2) is 5.11 Å². The first-order valence-corrected chi connectivity index (χ1v) is 6.71. The Hall–Kier alpha value is -1.38. The van der Waals surface area contributed by atoms with Gasteiger partial charge in [0.25, 0.3) is 0 Å². The first-order chi connectivity index (χ1) is 8.99. The molecule has 2 aromatic rings. The van der Waals surface area contributed by atoms with E-state index in [1.54, 1.807) is 6.07 Å². The lowest BCUT2D eigenvalue weighted by molar-refractivity contribution is 0.467. The van der Waals surface area contributed by atoms with Gasteiger partial charge in [0, 0.05) is 27.8 Å². The van der Waals surface area contributed by atoms with Crippen molar-refractivity contribution in [1.29, 1.82) is 0 Å². The lowest BCUT2D eigenvalue weighted by Crippen LogP contribution is -2.02. The van der Waals surface area contributed by atoms with E-state index < -0.39 is 0 Å². The van der Waals surface area contributed by atoms with Crippen molar-refractivity contribution in [3.63, 3.8) is 0 Å². The van der Waals surface area contributed by atoms with E-state index in [1.807, 2.05) is 38.1 Å². The molecule has 0 aliphatic heterocycles. The molecule has 0 radical (unpaired) electrons. The molecule has 0 bridgehead atoms. The van der Waals surface area contributed by atoms with Crippen LogP contribution in [0, 0.1) is 13.8 Å². The summed E-state index contributed by atoms with van der Waals surface area (Å²) in [6.07, 6.45) is 0. The lowest BCUT2D eigenvalue weighted by atomic mass is 10.1. The summed E-state index contributed by atoms with van der Waals surface area (Å²) < 4.78 is 0. The van der Waals surface area contributed by atoms with Crippen LogP contribution in [-0.2, 0) is 6.54 Å². The highest BCUT2D eigenvalue weighted by Gasteiger charge is 2.07. The average Bonchev–Trinajstić information content (AvgIpc) is 2.37. The predicted octanol–water partition coefficient (Wildman–Crippen LogP) is 4.93. The monoisotopic (exact) mass is 295 g/mol. The third-order valence-corrected chi connectivity index (χ3v) is 3.70. The molecule has 2 N–H and O–H groups in total. The summed E-state index contributed by atoms with van der Waals surface area (Å²) in [6, 6.07) is 9.26. The van der Waals surface area contributed by atoms with Crippen molar-refractivity contribution in [2.75, 3.05) is 5.32 Å². The molecule has 0 unspecified atom stereocenters. The Morgan fingerprint density at radius 3 is 2.53 bits per heavy atom. The van der Waals surface area contributed by atoms with E-state index >= 15 is 0 Å². The summed E-state index contributed by atoms with van der Waals surface area (Å²) in [4.78, 5) is 0. The zero-order chi connectivity index (χ0) is 14.0. The minimum atomic E-state index is 0.326. The van der Waals surface area contributed by atoms with E-state index in [0.29, 0.717) is 22.3 Å². The molecule has 0 spiro atoms. The van der Waals surface area contributed by atoms with Crippen LogP contribution in [0.25, 0.3) is 0 Å². The van der Waals surface area contributed by atoms with Crippen molar-refractivity contribution < 1.29 is 5.11 Å². The lowest BCUT2D eigenvalue weighted by Gasteiger charge is -2.13. The van der Waals surface area contributed by atoms with Crippen LogP contribution >= 0.6 is 23.2 Å². The first kappa shape index (κ1) is 14.0. The van der Waals surface area contributed by atoms with Crippen molar-refractivity contribution in [2.24, 2.45) is 0 Å². The number of halogens is 2. The van der Waals surface area contributed by atoms with Crippen LogP contribution in [0.2, 0.25) is 10.0 Å². The van der Waals surface area contributed by atoms with Crippen molar-refractivity contribution >= 4 is 28.9 Å². The number of aromatic hydroxyl groups is 1. The van der Waals surface area contributed by atoms with E-state index in [1.165, 1.54) is 0 Å². The Labute approximate surface area is 123 Å². The van der Waals surface area contributed by atoms with Crippen LogP contribution in [0.5, 0.6) is 5.75 Å². The predicted molar refractivity (Wildman–Crippen MR) is 81.4 cm³/mol. The number of benzene rings is 2. The maximum absolute atomic E-state index is 9.89. The number of rotatable bonds is 3. The fraction of sp³-hybridized carbons (Fsp3) is 0.200. The minimum Gasteiger partial charge on any atom is -0.507 e. The molecular weight excluding hydrogens is 281 g/mol. The van der Waals surface area contributed by atoms with Crippen molar-refractivity contribution in [1.82, 2.24) is 0 Å². The number of hydrogen-bond donors (Lipinski definition) is 2. The second kappa shape index (κ2) is 5.72. The van der Waals surface area contributed by atoms with Crippen LogP contribution in [0.15, 0.2) is 30.3 Å². The zero-order valence-electron chi connectivity index (χ0n) is 10.8. The number of aryl methyl sites for hydroxylation is 1. The topological polar surface area (TPSA) is 32.3 Å². The van der Waals surface area contributed by atoms with Gasteiger partial charge >= 0.3 is 0 Å². The molecular formula is C15H15Cl2NO. The van der Waals surface area contributed by atoms with Crippen LogP contribution in [0.3, 0.4) is 0 Å². The van der Waals surface area contributed by atoms with Gasteiger partial charge in [-0.25, -0.2) is 0 Å². The number of anilines is 1.